The van der Waals surface area contributed by atoms with Crippen molar-refractivity contribution >= 4 is 22.5 Å². The fourth-order valence-corrected chi connectivity index (χ4v) is 5.45. The molecule has 3 atom stereocenters. The summed E-state index contributed by atoms with van der Waals surface area (Å²) in [6.45, 7) is 4.61. The smallest absolute Gasteiger partial charge is 0.314 e. The Kier molecular flexibility index (Phi) is 8.27. The molecule has 0 bridgehead atoms. The minimum absolute atomic E-state index is 0.0813. The Hall–Kier alpha value is -2.80. The van der Waals surface area contributed by atoms with E-state index in [1.165, 1.54) is 11.8 Å². The number of rotatable bonds is 7. The number of carbonyl (C=O) groups excluding carboxylic acids is 1. The number of urea groups is 1. The highest BCUT2D eigenvalue weighted by atomic mass is 16.6. The number of hydrogen-bond donors (Lipinski definition) is 2. The Morgan fingerprint density at radius 3 is 2.74 bits per heavy atom. The predicted molar refractivity (Wildman–Crippen MR) is 137 cm³/mol. The number of benzene rings is 2. The number of nitrogens with one attached hydrogen (secondary N) is 2. The molecular weight excluding hydrogens is 428 g/mol. The molecule has 0 aromatic heterocycles. The molecule has 1 saturated heterocycles. The van der Waals surface area contributed by atoms with Crippen molar-refractivity contribution in [2.24, 2.45) is 11.1 Å². The van der Waals surface area contributed by atoms with Crippen molar-refractivity contribution in [2.75, 3.05) is 33.9 Å². The second kappa shape index (κ2) is 11.6. The van der Waals surface area contributed by atoms with E-state index in [1.54, 1.807) is 14.2 Å². The summed E-state index contributed by atoms with van der Waals surface area (Å²) in [5, 5.41) is 12.8. The highest BCUT2D eigenvalue weighted by Gasteiger charge is 2.33. The molecule has 3 unspecified atom stereocenters. The summed E-state index contributed by atoms with van der Waals surface area (Å²) in [7, 11) is 3.37. The number of oxime groups is 1. The predicted octanol–water partition coefficient (Wildman–Crippen LogP) is 4.54. The van der Waals surface area contributed by atoms with E-state index in [4.69, 9.17) is 9.57 Å². The second-order valence-electron chi connectivity index (χ2n) is 9.40. The van der Waals surface area contributed by atoms with E-state index in [2.05, 4.69) is 51.0 Å². The molecule has 2 N–H and O–H groups in total. The number of amides is 2. The van der Waals surface area contributed by atoms with E-state index in [-0.39, 0.29) is 12.1 Å². The maximum atomic E-state index is 11.8. The summed E-state index contributed by atoms with van der Waals surface area (Å²) in [6.07, 6.45) is 6.65. The van der Waals surface area contributed by atoms with Crippen LogP contribution < -0.4 is 15.4 Å². The molecule has 0 radical (unpaired) electrons. The minimum atomic E-state index is -0.0813. The lowest BCUT2D eigenvalue weighted by molar-refractivity contribution is 0.103. The summed E-state index contributed by atoms with van der Waals surface area (Å²) in [6, 6.07) is 13.3. The van der Waals surface area contributed by atoms with Crippen molar-refractivity contribution in [2.45, 2.75) is 57.5 Å². The summed E-state index contributed by atoms with van der Waals surface area (Å²) in [4.78, 5) is 20.0. The van der Waals surface area contributed by atoms with Crippen molar-refractivity contribution in [1.82, 2.24) is 15.5 Å². The zero-order chi connectivity index (χ0) is 23.9. The molecular formula is C27H38N4O3. The van der Waals surface area contributed by atoms with Crippen LogP contribution in [-0.2, 0) is 4.84 Å². The number of fused-ring (bicyclic) bond motifs is 1. The van der Waals surface area contributed by atoms with E-state index in [1.807, 2.05) is 13.0 Å². The lowest BCUT2D eigenvalue weighted by Gasteiger charge is -2.42. The monoisotopic (exact) mass is 466 g/mol. The van der Waals surface area contributed by atoms with Crippen LogP contribution >= 0.6 is 0 Å². The average Bonchev–Trinajstić information content (AvgIpc) is 2.88. The Morgan fingerprint density at radius 2 is 1.94 bits per heavy atom. The third kappa shape index (κ3) is 5.81. The van der Waals surface area contributed by atoms with Crippen molar-refractivity contribution in [3.05, 3.63) is 42.0 Å². The number of hydrogen-bond acceptors (Lipinski definition) is 5. The van der Waals surface area contributed by atoms with Gasteiger partial charge in [-0.1, -0.05) is 23.4 Å². The zero-order valence-corrected chi connectivity index (χ0v) is 20.7. The van der Waals surface area contributed by atoms with Crippen LogP contribution in [0.2, 0.25) is 0 Å². The average molecular weight is 467 g/mol. The third-order valence-electron chi connectivity index (χ3n) is 7.20. The number of carbonyl (C=O) groups is 1. The molecule has 34 heavy (non-hydrogen) atoms. The van der Waals surface area contributed by atoms with E-state index in [0.717, 1.165) is 67.6 Å². The molecule has 2 amide bonds. The van der Waals surface area contributed by atoms with Crippen LogP contribution in [-0.4, -0.2) is 62.6 Å². The van der Waals surface area contributed by atoms with Crippen LogP contribution in [0.25, 0.3) is 10.8 Å². The van der Waals surface area contributed by atoms with Gasteiger partial charge in [-0.05, 0) is 81.0 Å². The van der Waals surface area contributed by atoms with E-state index in [9.17, 15) is 4.79 Å². The maximum absolute atomic E-state index is 11.8. The fourth-order valence-electron chi connectivity index (χ4n) is 5.45. The molecule has 7 heteroatoms. The lowest BCUT2D eigenvalue weighted by Crippen LogP contribution is -2.51. The lowest BCUT2D eigenvalue weighted by atomic mass is 9.84. The molecule has 2 fully saturated rings. The van der Waals surface area contributed by atoms with Crippen LogP contribution in [0.5, 0.6) is 5.75 Å². The topological polar surface area (TPSA) is 75.2 Å². The molecule has 4 rings (SSSR count). The number of ether oxygens (including phenoxy) is 1. The quantitative estimate of drug-likeness (QED) is 0.464. The zero-order valence-electron chi connectivity index (χ0n) is 20.7. The van der Waals surface area contributed by atoms with Crippen LogP contribution in [0, 0.1) is 5.92 Å². The first-order valence-corrected chi connectivity index (χ1v) is 12.6. The second-order valence-corrected chi connectivity index (χ2v) is 9.40. The molecule has 7 nitrogen and oxygen atoms in total. The molecule has 2 aromatic rings. The standard InChI is InChI=1S/C27H38N4O3/c1-4-34-30-26(21-11-10-20-16-25(33-3)13-12-19(20)15-21)22-7-6-14-31(18-22)24-9-5-8-23(17-24)29-27(32)28-2/h10-13,15-16,22-24H,4-9,14,17-18H2,1-3H3,(H2,28,29,32)/b30-26-. The molecule has 1 saturated carbocycles. The Morgan fingerprint density at radius 1 is 1.12 bits per heavy atom. The van der Waals surface area contributed by atoms with E-state index < -0.39 is 0 Å². The van der Waals surface area contributed by atoms with Gasteiger partial charge in [0.1, 0.15) is 12.4 Å². The molecule has 184 valence electrons. The van der Waals surface area contributed by atoms with Gasteiger partial charge in [-0.25, -0.2) is 4.79 Å². The van der Waals surface area contributed by atoms with E-state index >= 15 is 0 Å². The van der Waals surface area contributed by atoms with Gasteiger partial charge in [-0.3, -0.25) is 4.90 Å². The van der Waals surface area contributed by atoms with Crippen molar-refractivity contribution in [3.63, 3.8) is 0 Å². The SMILES string of the molecule is CCO/N=C(/c1ccc2cc(OC)ccc2c1)C1CCCN(C2CCCC(NC(=O)NC)C2)C1. The maximum Gasteiger partial charge on any atom is 0.314 e. The molecule has 2 aliphatic rings. The minimum Gasteiger partial charge on any atom is -0.497 e. The van der Waals surface area contributed by atoms with Crippen LogP contribution in [0.1, 0.15) is 51.0 Å². The number of methoxy groups -OCH3 is 1. The number of likely N-dealkylation sites (tertiary alicyclic amines) is 1. The van der Waals surface area contributed by atoms with Gasteiger partial charge in [-0.15, -0.1) is 0 Å². The number of piperidine rings is 1. The first kappa shape index (κ1) is 24.3. The molecule has 1 aliphatic heterocycles. The highest BCUT2D eigenvalue weighted by Crippen LogP contribution is 2.30. The summed E-state index contributed by atoms with van der Waals surface area (Å²) < 4.78 is 5.38. The normalized spacial score (nSPS) is 24.0. The largest absolute Gasteiger partial charge is 0.497 e. The van der Waals surface area contributed by atoms with Crippen molar-refractivity contribution in [3.8, 4) is 5.75 Å². The summed E-state index contributed by atoms with van der Waals surface area (Å²) in [5.41, 5.74) is 2.17. The fraction of sp³-hybridized carbons (Fsp3) is 0.556. The van der Waals surface area contributed by atoms with E-state index in [0.29, 0.717) is 18.6 Å². The third-order valence-corrected chi connectivity index (χ3v) is 7.20. The summed E-state index contributed by atoms with van der Waals surface area (Å²) >= 11 is 0. The van der Waals surface area contributed by atoms with Gasteiger partial charge in [-0.2, -0.15) is 0 Å². The molecule has 1 aliphatic carbocycles. The van der Waals surface area contributed by atoms with Crippen LogP contribution in [0.3, 0.4) is 0 Å². The van der Waals surface area contributed by atoms with Crippen molar-refractivity contribution in [1.29, 1.82) is 0 Å². The van der Waals surface area contributed by atoms with Gasteiger partial charge >= 0.3 is 6.03 Å². The van der Waals surface area contributed by atoms with Crippen LogP contribution in [0.4, 0.5) is 4.79 Å². The van der Waals surface area contributed by atoms with Crippen molar-refractivity contribution < 1.29 is 14.4 Å². The van der Waals surface area contributed by atoms with Crippen LogP contribution in [0.15, 0.2) is 41.6 Å². The molecule has 0 spiro atoms. The first-order valence-electron chi connectivity index (χ1n) is 12.6. The highest BCUT2D eigenvalue weighted by molar-refractivity contribution is 6.05. The van der Waals surface area contributed by atoms with Gasteiger partial charge < -0.3 is 20.2 Å². The number of nitrogens with zero attached hydrogens (tertiary/aromatic N) is 2. The Balaban J connectivity index is 1.51. The van der Waals surface area contributed by atoms with Gasteiger partial charge in [0.25, 0.3) is 0 Å². The molecule has 2 aromatic carbocycles. The Labute approximate surface area is 202 Å². The van der Waals surface area contributed by atoms with Gasteiger partial charge in [0.05, 0.1) is 12.8 Å². The van der Waals surface area contributed by atoms with Gasteiger partial charge in [0, 0.05) is 37.2 Å². The summed E-state index contributed by atoms with van der Waals surface area (Å²) in [5.74, 6) is 1.19. The van der Waals surface area contributed by atoms with Gasteiger partial charge in [0.15, 0.2) is 0 Å². The van der Waals surface area contributed by atoms with Gasteiger partial charge in [0.2, 0.25) is 0 Å². The molecule has 1 heterocycles. The first-order chi connectivity index (χ1) is 16.6. The Bertz CT molecular complexity index is 1010.